The largest absolute Gasteiger partial charge is 0.492 e. The van der Waals surface area contributed by atoms with Gasteiger partial charge in [-0.3, -0.25) is 0 Å². The second-order valence-corrected chi connectivity index (χ2v) is 9.69. The van der Waals surface area contributed by atoms with Crippen molar-refractivity contribution in [1.82, 2.24) is 4.98 Å². The van der Waals surface area contributed by atoms with E-state index < -0.39 is 12.1 Å². The molecule has 5 rings (SSSR count). The van der Waals surface area contributed by atoms with E-state index >= 15 is 0 Å². The number of aromatic carboxylic acids is 1. The highest BCUT2D eigenvalue weighted by molar-refractivity contribution is 7.09. The van der Waals surface area contributed by atoms with Crippen LogP contribution in [0.5, 0.6) is 5.75 Å². The molecule has 0 spiro atoms. The number of hydrogen-bond acceptors (Lipinski definition) is 6. The van der Waals surface area contributed by atoms with Gasteiger partial charge in [0.25, 0.3) is 0 Å². The number of thiazole rings is 1. The number of nitrogens with zero attached hydrogens (tertiary/aromatic N) is 1. The number of aryl methyl sites for hydroxylation is 1. The molecule has 160 valence electrons. The lowest BCUT2D eigenvalue weighted by molar-refractivity contribution is -0.0811. The number of halogens is 1. The Morgan fingerprint density at radius 1 is 1.33 bits per heavy atom. The smallest absolute Gasteiger partial charge is 0.355 e. The Labute approximate surface area is 183 Å². The van der Waals surface area contributed by atoms with Crippen molar-refractivity contribution in [3.05, 3.63) is 44.4 Å². The van der Waals surface area contributed by atoms with Gasteiger partial charge in [-0.2, -0.15) is 0 Å². The van der Waals surface area contributed by atoms with Gasteiger partial charge in [-0.1, -0.05) is 17.7 Å². The van der Waals surface area contributed by atoms with Crippen molar-refractivity contribution in [3.8, 4) is 5.75 Å². The third-order valence-electron chi connectivity index (χ3n) is 6.72. The molecule has 1 aromatic heterocycles. The van der Waals surface area contributed by atoms with Crippen molar-refractivity contribution in [3.63, 3.8) is 0 Å². The topological polar surface area (TPSA) is 88.9 Å². The van der Waals surface area contributed by atoms with Crippen molar-refractivity contribution < 1.29 is 24.5 Å². The van der Waals surface area contributed by atoms with Crippen LogP contribution in [-0.2, 0) is 17.6 Å². The summed E-state index contributed by atoms with van der Waals surface area (Å²) in [5.74, 6) is -0.119. The fourth-order valence-electron chi connectivity index (χ4n) is 5.18. The van der Waals surface area contributed by atoms with Crippen molar-refractivity contribution in [2.24, 2.45) is 11.8 Å². The third-order valence-corrected chi connectivity index (χ3v) is 8.07. The molecule has 6 nitrogen and oxygen atoms in total. The van der Waals surface area contributed by atoms with Gasteiger partial charge >= 0.3 is 5.97 Å². The van der Waals surface area contributed by atoms with Crippen LogP contribution in [0.1, 0.15) is 58.4 Å². The van der Waals surface area contributed by atoms with Gasteiger partial charge in [0.15, 0.2) is 5.69 Å². The Morgan fingerprint density at radius 2 is 2.20 bits per heavy atom. The molecule has 30 heavy (non-hydrogen) atoms. The highest BCUT2D eigenvalue weighted by atomic mass is 35.5. The molecule has 0 bridgehead atoms. The van der Waals surface area contributed by atoms with Crippen LogP contribution in [-0.4, -0.2) is 40.0 Å². The minimum Gasteiger partial charge on any atom is -0.492 e. The Bertz CT molecular complexity index is 963. The van der Waals surface area contributed by atoms with Crippen LogP contribution in [0.4, 0.5) is 0 Å². The summed E-state index contributed by atoms with van der Waals surface area (Å²) in [7, 11) is 0. The lowest BCUT2D eigenvalue weighted by Crippen LogP contribution is -2.33. The predicted molar refractivity (Wildman–Crippen MR) is 112 cm³/mol. The van der Waals surface area contributed by atoms with E-state index in [-0.39, 0.29) is 29.7 Å². The van der Waals surface area contributed by atoms with Gasteiger partial charge in [0.2, 0.25) is 0 Å². The second kappa shape index (κ2) is 8.11. The maximum atomic E-state index is 11.1. The van der Waals surface area contributed by atoms with E-state index in [0.717, 1.165) is 32.1 Å². The van der Waals surface area contributed by atoms with E-state index in [9.17, 15) is 9.90 Å². The van der Waals surface area contributed by atoms with Crippen LogP contribution in [0.3, 0.4) is 0 Å². The molecule has 3 aliphatic rings. The molecule has 2 fully saturated rings. The molecule has 0 unspecified atom stereocenters. The van der Waals surface area contributed by atoms with Crippen molar-refractivity contribution in [1.29, 1.82) is 0 Å². The van der Waals surface area contributed by atoms with E-state index in [0.29, 0.717) is 28.8 Å². The van der Waals surface area contributed by atoms with Gasteiger partial charge < -0.3 is 19.7 Å². The summed E-state index contributed by atoms with van der Waals surface area (Å²) in [5, 5.41) is 22.7. The summed E-state index contributed by atoms with van der Waals surface area (Å²) < 4.78 is 12.3. The van der Waals surface area contributed by atoms with Crippen LogP contribution in [0.25, 0.3) is 0 Å². The molecule has 1 saturated heterocycles. The number of carbonyl (C=O) groups is 1. The predicted octanol–water partition coefficient (Wildman–Crippen LogP) is 4.28. The maximum absolute atomic E-state index is 11.1. The normalized spacial score (nSPS) is 30.1. The number of carboxylic acid groups (broad SMARTS) is 1. The SMILES string of the molecule is O=C(O)c1csc([C@H]2CC[C@@H]3[C@@H](COc4ccc5c(c4Cl)CCC5)[C@H](O)C[C@@H]3O2)n1. The van der Waals surface area contributed by atoms with Crippen LogP contribution < -0.4 is 4.74 Å². The summed E-state index contributed by atoms with van der Waals surface area (Å²) in [6.45, 7) is 0.412. The lowest BCUT2D eigenvalue weighted by Gasteiger charge is -2.33. The number of ether oxygens (including phenoxy) is 2. The number of aliphatic hydroxyl groups excluding tert-OH is 1. The van der Waals surface area contributed by atoms with Crippen LogP contribution in [0.15, 0.2) is 17.5 Å². The number of hydrogen-bond donors (Lipinski definition) is 2. The number of rotatable bonds is 5. The molecular formula is C22H24ClNO5S. The number of aliphatic hydroxyl groups is 1. The first kappa shape index (κ1) is 20.2. The van der Waals surface area contributed by atoms with Crippen molar-refractivity contribution >= 4 is 28.9 Å². The Morgan fingerprint density at radius 3 is 3.00 bits per heavy atom. The van der Waals surface area contributed by atoms with Crippen molar-refractivity contribution in [2.75, 3.05) is 6.61 Å². The molecule has 0 amide bonds. The molecule has 0 radical (unpaired) electrons. The summed E-state index contributed by atoms with van der Waals surface area (Å²) >= 11 is 7.88. The summed E-state index contributed by atoms with van der Waals surface area (Å²) in [5.41, 5.74) is 2.57. The Hall–Kier alpha value is -1.67. The minimum atomic E-state index is -1.02. The molecule has 2 heterocycles. The molecule has 8 heteroatoms. The molecule has 2 aliphatic carbocycles. The summed E-state index contributed by atoms with van der Waals surface area (Å²) in [6, 6.07) is 4.05. The van der Waals surface area contributed by atoms with Gasteiger partial charge in [-0.25, -0.2) is 9.78 Å². The van der Waals surface area contributed by atoms with Gasteiger partial charge in [-0.15, -0.1) is 11.3 Å². The number of benzene rings is 1. The van der Waals surface area contributed by atoms with Gasteiger partial charge in [-0.05, 0) is 55.2 Å². The molecule has 1 aliphatic heterocycles. The standard InChI is InChI=1S/C22H24ClNO5S/c23-20-12-3-1-2-11(12)4-6-17(20)28-9-14-13-5-7-18(29-19(13)8-16(14)25)21-24-15(10-30-21)22(26)27/h4,6,10,13-14,16,18-19,25H,1-3,5,7-9H2,(H,26,27)/t13-,14-,16-,18-,19+/m1/s1. The maximum Gasteiger partial charge on any atom is 0.355 e. The van der Waals surface area contributed by atoms with Crippen LogP contribution in [0, 0.1) is 11.8 Å². The van der Waals surface area contributed by atoms with Gasteiger partial charge in [0.05, 0.1) is 23.8 Å². The zero-order valence-electron chi connectivity index (χ0n) is 16.4. The first-order valence-corrected chi connectivity index (χ1v) is 11.7. The quantitative estimate of drug-likeness (QED) is 0.708. The van der Waals surface area contributed by atoms with Gasteiger partial charge in [0.1, 0.15) is 16.9 Å². The summed E-state index contributed by atoms with van der Waals surface area (Å²) in [6.07, 6.45) is 4.65. The highest BCUT2D eigenvalue weighted by Crippen LogP contribution is 2.46. The van der Waals surface area contributed by atoms with E-state index in [1.54, 1.807) is 5.38 Å². The summed E-state index contributed by atoms with van der Waals surface area (Å²) in [4.78, 5) is 15.3. The number of carboxylic acids is 1. The number of aromatic nitrogens is 1. The first-order valence-electron chi connectivity index (χ1n) is 10.5. The van der Waals surface area contributed by atoms with E-state index in [1.807, 2.05) is 6.07 Å². The van der Waals surface area contributed by atoms with Crippen LogP contribution >= 0.6 is 22.9 Å². The number of fused-ring (bicyclic) bond motifs is 2. The molecule has 1 saturated carbocycles. The first-order chi connectivity index (χ1) is 14.5. The highest BCUT2D eigenvalue weighted by Gasteiger charge is 2.47. The zero-order valence-corrected chi connectivity index (χ0v) is 18.0. The molecule has 5 atom stereocenters. The Kier molecular flexibility index (Phi) is 5.47. The van der Waals surface area contributed by atoms with Gasteiger partial charge in [0, 0.05) is 17.7 Å². The third kappa shape index (κ3) is 3.62. The molecule has 2 aromatic rings. The van der Waals surface area contributed by atoms with Crippen LogP contribution in [0.2, 0.25) is 5.02 Å². The van der Waals surface area contributed by atoms with E-state index in [4.69, 9.17) is 26.2 Å². The lowest BCUT2D eigenvalue weighted by atomic mass is 9.87. The average molecular weight is 450 g/mol. The Balaban J connectivity index is 1.24. The minimum absolute atomic E-state index is 0.00820. The van der Waals surface area contributed by atoms with E-state index in [1.165, 1.54) is 22.5 Å². The average Bonchev–Trinajstić information content (AvgIpc) is 3.45. The molecule has 2 N–H and O–H groups in total. The monoisotopic (exact) mass is 449 g/mol. The van der Waals surface area contributed by atoms with Crippen molar-refractivity contribution in [2.45, 2.75) is 56.8 Å². The zero-order chi connectivity index (χ0) is 20.8. The molecule has 1 aromatic carbocycles. The van der Waals surface area contributed by atoms with E-state index in [2.05, 4.69) is 11.1 Å². The fourth-order valence-corrected chi connectivity index (χ4v) is 6.37. The fraction of sp³-hybridized carbons (Fsp3) is 0.545. The second-order valence-electron chi connectivity index (χ2n) is 8.43. The molecular weight excluding hydrogens is 426 g/mol.